The van der Waals surface area contributed by atoms with Crippen LogP contribution in [0.15, 0.2) is 24.3 Å². The van der Waals surface area contributed by atoms with Crippen molar-refractivity contribution in [3.63, 3.8) is 0 Å². The van der Waals surface area contributed by atoms with Crippen molar-refractivity contribution in [3.8, 4) is 0 Å². The predicted molar refractivity (Wildman–Crippen MR) is 79.3 cm³/mol. The average Bonchev–Trinajstić information content (AvgIpc) is 2.66. The number of hydrogen-bond donors (Lipinski definition) is 1. The molecule has 4 heteroatoms. The maximum Gasteiger partial charge on any atom is 0.123 e. The largest absolute Gasteiger partial charge is 0.377 e. The van der Waals surface area contributed by atoms with E-state index < -0.39 is 0 Å². The molecule has 2 rings (SSSR count). The Morgan fingerprint density at radius 3 is 2.85 bits per heavy atom. The van der Waals surface area contributed by atoms with Crippen LogP contribution in [-0.2, 0) is 4.74 Å². The Hall–Kier alpha value is -0.970. The molecule has 2 unspecified atom stereocenters. The molecule has 0 bridgehead atoms. The molecule has 0 aliphatic carbocycles. The van der Waals surface area contributed by atoms with E-state index in [4.69, 9.17) is 4.74 Å². The van der Waals surface area contributed by atoms with E-state index >= 15 is 0 Å². The number of nitrogens with zero attached hydrogens (tertiary/aromatic N) is 1. The summed E-state index contributed by atoms with van der Waals surface area (Å²) >= 11 is 0. The molecule has 1 N–H and O–H groups in total. The number of rotatable bonds is 5. The molecule has 1 saturated heterocycles. The summed E-state index contributed by atoms with van der Waals surface area (Å²) < 4.78 is 18.6. The van der Waals surface area contributed by atoms with Crippen molar-refractivity contribution in [2.75, 3.05) is 33.3 Å². The third-order valence-corrected chi connectivity index (χ3v) is 3.89. The Morgan fingerprint density at radius 1 is 1.40 bits per heavy atom. The standard InChI is InChI=1S/C16H25FN2O/c1-13-12-19(9-3-11-20-13)10-8-16(18-2)14-4-6-15(17)7-5-14/h4-7,13,16,18H,3,8-12H2,1-2H3. The summed E-state index contributed by atoms with van der Waals surface area (Å²) in [4.78, 5) is 2.46. The number of halogens is 1. The molecule has 0 amide bonds. The van der Waals surface area contributed by atoms with Gasteiger partial charge in [0.05, 0.1) is 6.10 Å². The first kappa shape index (κ1) is 15.4. The fourth-order valence-electron chi connectivity index (χ4n) is 2.77. The molecule has 1 aromatic carbocycles. The number of nitrogens with one attached hydrogen (secondary N) is 1. The highest BCUT2D eigenvalue weighted by atomic mass is 19.1. The minimum Gasteiger partial charge on any atom is -0.377 e. The van der Waals surface area contributed by atoms with Crippen LogP contribution in [0.5, 0.6) is 0 Å². The molecule has 2 atom stereocenters. The van der Waals surface area contributed by atoms with Crippen LogP contribution < -0.4 is 5.32 Å². The molecule has 0 radical (unpaired) electrons. The van der Waals surface area contributed by atoms with Gasteiger partial charge in [0.15, 0.2) is 0 Å². The van der Waals surface area contributed by atoms with E-state index in [1.165, 1.54) is 12.1 Å². The van der Waals surface area contributed by atoms with Gasteiger partial charge in [0.2, 0.25) is 0 Å². The molecule has 0 spiro atoms. The lowest BCUT2D eigenvalue weighted by Gasteiger charge is -2.25. The third-order valence-electron chi connectivity index (χ3n) is 3.89. The Bertz CT molecular complexity index is 396. The lowest BCUT2D eigenvalue weighted by Crippen LogP contribution is -2.33. The van der Waals surface area contributed by atoms with E-state index in [2.05, 4.69) is 17.1 Å². The van der Waals surface area contributed by atoms with Crippen molar-refractivity contribution in [3.05, 3.63) is 35.6 Å². The van der Waals surface area contributed by atoms with Crippen molar-refractivity contribution in [2.24, 2.45) is 0 Å². The van der Waals surface area contributed by atoms with E-state index in [0.29, 0.717) is 6.10 Å². The SMILES string of the molecule is CNC(CCN1CCCOC(C)C1)c1ccc(F)cc1. The second kappa shape index (κ2) is 7.72. The fourth-order valence-corrected chi connectivity index (χ4v) is 2.77. The molecule has 20 heavy (non-hydrogen) atoms. The summed E-state index contributed by atoms with van der Waals surface area (Å²) in [7, 11) is 1.96. The van der Waals surface area contributed by atoms with Gasteiger partial charge in [-0.1, -0.05) is 12.1 Å². The zero-order valence-electron chi connectivity index (χ0n) is 12.4. The highest BCUT2D eigenvalue weighted by Crippen LogP contribution is 2.18. The van der Waals surface area contributed by atoms with Gasteiger partial charge in [-0.2, -0.15) is 0 Å². The summed E-state index contributed by atoms with van der Waals surface area (Å²) in [5, 5.41) is 3.32. The normalized spacial score (nSPS) is 22.4. The van der Waals surface area contributed by atoms with E-state index in [1.54, 1.807) is 0 Å². The van der Waals surface area contributed by atoms with Crippen LogP contribution in [-0.4, -0.2) is 44.3 Å². The smallest absolute Gasteiger partial charge is 0.123 e. The number of ether oxygens (including phenoxy) is 1. The average molecular weight is 280 g/mol. The van der Waals surface area contributed by atoms with E-state index in [1.807, 2.05) is 19.2 Å². The van der Waals surface area contributed by atoms with Crippen LogP contribution >= 0.6 is 0 Å². The lowest BCUT2D eigenvalue weighted by molar-refractivity contribution is 0.0672. The zero-order valence-corrected chi connectivity index (χ0v) is 12.4. The zero-order chi connectivity index (χ0) is 14.4. The monoisotopic (exact) mass is 280 g/mol. The summed E-state index contributed by atoms with van der Waals surface area (Å²) in [6, 6.07) is 7.06. The molecule has 1 aliphatic rings. The molecule has 0 aromatic heterocycles. The van der Waals surface area contributed by atoms with E-state index in [9.17, 15) is 4.39 Å². The highest BCUT2D eigenvalue weighted by molar-refractivity contribution is 5.19. The minimum atomic E-state index is -0.179. The first-order valence-corrected chi connectivity index (χ1v) is 7.45. The van der Waals surface area contributed by atoms with Crippen molar-refractivity contribution in [1.29, 1.82) is 0 Å². The second-order valence-corrected chi connectivity index (χ2v) is 5.52. The van der Waals surface area contributed by atoms with Gasteiger partial charge in [0, 0.05) is 32.3 Å². The van der Waals surface area contributed by atoms with Crippen LogP contribution in [0.3, 0.4) is 0 Å². The van der Waals surface area contributed by atoms with Gasteiger partial charge >= 0.3 is 0 Å². The quantitative estimate of drug-likeness (QED) is 0.897. The van der Waals surface area contributed by atoms with Gasteiger partial charge in [0.1, 0.15) is 5.82 Å². The number of benzene rings is 1. The number of hydrogen-bond acceptors (Lipinski definition) is 3. The van der Waals surface area contributed by atoms with Crippen LogP contribution in [0, 0.1) is 5.82 Å². The summed E-state index contributed by atoms with van der Waals surface area (Å²) in [6.45, 7) is 6.14. The van der Waals surface area contributed by atoms with E-state index in [-0.39, 0.29) is 11.9 Å². The lowest BCUT2D eigenvalue weighted by atomic mass is 10.0. The molecule has 1 heterocycles. The molecule has 3 nitrogen and oxygen atoms in total. The van der Waals surface area contributed by atoms with Crippen LogP contribution in [0.2, 0.25) is 0 Å². The molecule has 1 aromatic rings. The molecular formula is C16H25FN2O. The van der Waals surface area contributed by atoms with Crippen LogP contribution in [0.25, 0.3) is 0 Å². The van der Waals surface area contributed by atoms with Gasteiger partial charge < -0.3 is 15.0 Å². The third kappa shape index (κ3) is 4.54. The van der Waals surface area contributed by atoms with Crippen molar-refractivity contribution in [2.45, 2.75) is 31.9 Å². The Labute approximate surface area is 121 Å². The Kier molecular flexibility index (Phi) is 5.95. The maximum atomic E-state index is 13.0. The maximum absolute atomic E-state index is 13.0. The van der Waals surface area contributed by atoms with Crippen LogP contribution in [0.1, 0.15) is 31.4 Å². The summed E-state index contributed by atoms with van der Waals surface area (Å²) in [6.07, 6.45) is 2.44. The Morgan fingerprint density at radius 2 is 2.15 bits per heavy atom. The highest BCUT2D eigenvalue weighted by Gasteiger charge is 2.17. The van der Waals surface area contributed by atoms with Crippen molar-refractivity contribution in [1.82, 2.24) is 10.2 Å². The Balaban J connectivity index is 1.88. The van der Waals surface area contributed by atoms with Crippen molar-refractivity contribution >= 4 is 0 Å². The molecule has 112 valence electrons. The summed E-state index contributed by atoms with van der Waals surface area (Å²) in [5.74, 6) is -0.179. The first-order valence-electron chi connectivity index (χ1n) is 7.45. The second-order valence-electron chi connectivity index (χ2n) is 5.52. The van der Waals surface area contributed by atoms with Gasteiger partial charge in [-0.05, 0) is 44.5 Å². The molecule has 1 fully saturated rings. The van der Waals surface area contributed by atoms with Gasteiger partial charge in [-0.25, -0.2) is 4.39 Å². The topological polar surface area (TPSA) is 24.5 Å². The van der Waals surface area contributed by atoms with Gasteiger partial charge in [-0.15, -0.1) is 0 Å². The van der Waals surface area contributed by atoms with E-state index in [0.717, 1.165) is 44.6 Å². The first-order chi connectivity index (χ1) is 9.69. The minimum absolute atomic E-state index is 0.179. The predicted octanol–water partition coefficient (Wildman–Crippen LogP) is 2.59. The fraction of sp³-hybridized carbons (Fsp3) is 0.625. The molecule has 0 saturated carbocycles. The summed E-state index contributed by atoms with van der Waals surface area (Å²) in [5.41, 5.74) is 1.15. The van der Waals surface area contributed by atoms with Gasteiger partial charge in [-0.3, -0.25) is 0 Å². The van der Waals surface area contributed by atoms with Crippen molar-refractivity contribution < 1.29 is 9.13 Å². The molecular weight excluding hydrogens is 255 g/mol. The van der Waals surface area contributed by atoms with Gasteiger partial charge in [0.25, 0.3) is 0 Å². The van der Waals surface area contributed by atoms with Crippen LogP contribution in [0.4, 0.5) is 4.39 Å². The molecule has 1 aliphatic heterocycles.